The van der Waals surface area contributed by atoms with Gasteiger partial charge in [0.25, 0.3) is 0 Å². The minimum atomic E-state index is -0.770. The van der Waals surface area contributed by atoms with Gasteiger partial charge in [-0.25, -0.2) is 4.79 Å². The normalized spacial score (nSPS) is 10.7. The van der Waals surface area contributed by atoms with E-state index in [1.54, 1.807) is 30.3 Å². The lowest BCUT2D eigenvalue weighted by atomic mass is 10.3. The second-order valence-electron chi connectivity index (χ2n) is 3.59. The Balaban J connectivity index is 2.57. The Bertz CT molecular complexity index is 824. The van der Waals surface area contributed by atoms with Crippen molar-refractivity contribution in [1.82, 2.24) is 0 Å². The molecule has 1 aromatic heterocycles. The fraction of sp³-hybridized carbons (Fsp3) is 0. The van der Waals surface area contributed by atoms with Crippen LogP contribution < -0.4 is 5.82 Å². The molecule has 18 heavy (non-hydrogen) atoms. The van der Waals surface area contributed by atoms with E-state index in [0.29, 0.717) is 22.3 Å². The SMILES string of the molecule is O=c1oc2ccccc2oc2cc(I)ccc2o1. The van der Waals surface area contributed by atoms with E-state index in [0.717, 1.165) is 3.57 Å². The van der Waals surface area contributed by atoms with Crippen LogP contribution in [0.15, 0.2) is 60.5 Å². The Hall–Kier alpha value is -1.76. The molecule has 4 nitrogen and oxygen atoms in total. The van der Waals surface area contributed by atoms with Crippen molar-refractivity contribution in [2.24, 2.45) is 0 Å². The van der Waals surface area contributed by atoms with Gasteiger partial charge in [0.2, 0.25) is 0 Å². The molecule has 0 fully saturated rings. The van der Waals surface area contributed by atoms with E-state index in [1.807, 2.05) is 12.1 Å². The van der Waals surface area contributed by atoms with Crippen molar-refractivity contribution < 1.29 is 13.3 Å². The summed E-state index contributed by atoms with van der Waals surface area (Å²) in [5.41, 5.74) is 1.66. The van der Waals surface area contributed by atoms with Crippen LogP contribution in [0.3, 0.4) is 0 Å². The molecule has 5 heteroatoms. The zero-order valence-electron chi connectivity index (χ0n) is 9.05. The summed E-state index contributed by atoms with van der Waals surface area (Å²) < 4.78 is 16.8. The zero-order valence-corrected chi connectivity index (χ0v) is 11.2. The predicted molar refractivity (Wildman–Crippen MR) is 74.9 cm³/mol. The number of halogens is 1. The molecule has 1 heterocycles. The van der Waals surface area contributed by atoms with Gasteiger partial charge in [-0.2, -0.15) is 0 Å². The summed E-state index contributed by atoms with van der Waals surface area (Å²) in [6.45, 7) is 0. The van der Waals surface area contributed by atoms with E-state index >= 15 is 0 Å². The highest BCUT2D eigenvalue weighted by Crippen LogP contribution is 2.19. The van der Waals surface area contributed by atoms with Gasteiger partial charge in [0.1, 0.15) is 0 Å². The average Bonchev–Trinajstić information content (AvgIpc) is 2.33. The Labute approximate surface area is 115 Å². The molecular weight excluding hydrogens is 347 g/mol. The molecule has 0 bridgehead atoms. The maximum Gasteiger partial charge on any atom is 0.519 e. The molecule has 2 aromatic carbocycles. The number of benzene rings is 2. The molecular formula is C13H7IO4. The highest BCUT2D eigenvalue weighted by molar-refractivity contribution is 14.1. The molecule has 3 aromatic rings. The fourth-order valence-corrected chi connectivity index (χ4v) is 2.05. The highest BCUT2D eigenvalue weighted by atomic mass is 127. The quantitative estimate of drug-likeness (QED) is 0.576. The summed E-state index contributed by atoms with van der Waals surface area (Å²) in [5.74, 6) is -0.770. The molecule has 90 valence electrons. The third-order valence-corrected chi connectivity index (χ3v) is 3.03. The summed E-state index contributed by atoms with van der Waals surface area (Å²) in [4.78, 5) is 11.5. The first kappa shape index (κ1) is 11.3. The Morgan fingerprint density at radius 2 is 1.39 bits per heavy atom. The fourth-order valence-electron chi connectivity index (χ4n) is 1.58. The van der Waals surface area contributed by atoms with Gasteiger partial charge in [-0.3, -0.25) is 0 Å². The molecule has 3 rings (SSSR count). The maximum atomic E-state index is 11.5. The molecule has 0 saturated carbocycles. The van der Waals surface area contributed by atoms with Crippen molar-refractivity contribution in [3.8, 4) is 0 Å². The molecule has 0 unspecified atom stereocenters. The number of fused-ring (bicyclic) bond motifs is 2. The van der Waals surface area contributed by atoms with E-state index in [1.165, 1.54) is 0 Å². The van der Waals surface area contributed by atoms with Crippen molar-refractivity contribution >= 4 is 44.9 Å². The van der Waals surface area contributed by atoms with Crippen molar-refractivity contribution in [3.05, 3.63) is 56.7 Å². The zero-order chi connectivity index (χ0) is 12.5. The standard InChI is InChI=1S/C13H7IO4/c14-8-5-6-11-12(7-8)16-9-3-1-2-4-10(9)17-13(15)18-11/h1-7H. The van der Waals surface area contributed by atoms with Gasteiger partial charge in [-0.05, 0) is 52.9 Å². The number of hydrogen-bond donors (Lipinski definition) is 0. The van der Waals surface area contributed by atoms with E-state index in [9.17, 15) is 4.79 Å². The number of para-hydroxylation sites is 2. The van der Waals surface area contributed by atoms with Gasteiger partial charge in [0.05, 0.1) is 0 Å². The topological polar surface area (TPSA) is 56.5 Å². The van der Waals surface area contributed by atoms with Crippen molar-refractivity contribution in [2.75, 3.05) is 0 Å². The van der Waals surface area contributed by atoms with Gasteiger partial charge in [-0.1, -0.05) is 12.1 Å². The van der Waals surface area contributed by atoms with Crippen molar-refractivity contribution in [2.45, 2.75) is 0 Å². The van der Waals surface area contributed by atoms with Gasteiger partial charge in [-0.15, -0.1) is 0 Å². The van der Waals surface area contributed by atoms with Gasteiger partial charge >= 0.3 is 5.82 Å². The summed E-state index contributed by atoms with van der Waals surface area (Å²) >= 11 is 2.16. The van der Waals surface area contributed by atoms with Crippen LogP contribution in [0.4, 0.5) is 0 Å². The first-order valence-electron chi connectivity index (χ1n) is 5.18. The predicted octanol–water partition coefficient (Wildman–Crippen LogP) is 3.86. The smallest absolute Gasteiger partial charge is 0.449 e. The Kier molecular flexibility index (Phi) is 2.83. The van der Waals surface area contributed by atoms with E-state index < -0.39 is 5.82 Å². The van der Waals surface area contributed by atoms with Gasteiger partial charge in [0.15, 0.2) is 22.3 Å². The minimum absolute atomic E-state index is 0.340. The Morgan fingerprint density at radius 1 is 0.778 bits per heavy atom. The molecule has 0 aliphatic heterocycles. The summed E-state index contributed by atoms with van der Waals surface area (Å²) in [7, 11) is 0. The summed E-state index contributed by atoms with van der Waals surface area (Å²) in [6.07, 6.45) is 0. The number of hydrogen-bond acceptors (Lipinski definition) is 4. The average molecular weight is 354 g/mol. The lowest BCUT2D eigenvalue weighted by Crippen LogP contribution is -1.93. The minimum Gasteiger partial charge on any atom is -0.449 e. The molecule has 0 radical (unpaired) electrons. The van der Waals surface area contributed by atoms with Crippen LogP contribution >= 0.6 is 22.6 Å². The third-order valence-electron chi connectivity index (χ3n) is 2.36. The second-order valence-corrected chi connectivity index (χ2v) is 4.84. The van der Waals surface area contributed by atoms with Crippen LogP contribution in [-0.2, 0) is 0 Å². The first-order chi connectivity index (χ1) is 8.72. The first-order valence-corrected chi connectivity index (χ1v) is 6.26. The number of rotatable bonds is 0. The highest BCUT2D eigenvalue weighted by Gasteiger charge is 2.01. The second kappa shape index (κ2) is 4.49. The molecule has 0 amide bonds. The van der Waals surface area contributed by atoms with Crippen LogP contribution in [-0.4, -0.2) is 0 Å². The largest absolute Gasteiger partial charge is 0.519 e. The summed E-state index contributed by atoms with van der Waals surface area (Å²) in [6, 6.07) is 12.2. The monoisotopic (exact) mass is 354 g/mol. The molecule has 0 N–H and O–H groups in total. The maximum absolute atomic E-state index is 11.5. The van der Waals surface area contributed by atoms with Crippen LogP contribution in [0, 0.1) is 3.57 Å². The van der Waals surface area contributed by atoms with Crippen LogP contribution in [0.1, 0.15) is 0 Å². The van der Waals surface area contributed by atoms with Crippen molar-refractivity contribution in [3.63, 3.8) is 0 Å². The van der Waals surface area contributed by atoms with E-state index in [4.69, 9.17) is 13.3 Å². The lowest BCUT2D eigenvalue weighted by molar-refractivity contribution is 0.368. The molecule has 0 aliphatic carbocycles. The van der Waals surface area contributed by atoms with Gasteiger partial charge < -0.3 is 13.3 Å². The third kappa shape index (κ3) is 2.13. The lowest BCUT2D eigenvalue weighted by Gasteiger charge is -1.97. The van der Waals surface area contributed by atoms with Crippen molar-refractivity contribution in [1.29, 1.82) is 0 Å². The molecule has 0 spiro atoms. The van der Waals surface area contributed by atoms with Crippen LogP contribution in [0.5, 0.6) is 0 Å². The molecule has 0 atom stereocenters. The Morgan fingerprint density at radius 3 is 2.11 bits per heavy atom. The van der Waals surface area contributed by atoms with Crippen LogP contribution in [0.25, 0.3) is 22.3 Å². The van der Waals surface area contributed by atoms with Crippen LogP contribution in [0.2, 0.25) is 0 Å². The van der Waals surface area contributed by atoms with E-state index in [2.05, 4.69) is 22.6 Å². The van der Waals surface area contributed by atoms with Gasteiger partial charge in [0, 0.05) is 3.57 Å². The van der Waals surface area contributed by atoms with E-state index in [-0.39, 0.29) is 0 Å². The molecule has 0 saturated heterocycles. The summed E-state index contributed by atoms with van der Waals surface area (Å²) in [5, 5.41) is 0. The molecule has 0 aliphatic rings.